The zero-order valence-electron chi connectivity index (χ0n) is 9.40. The van der Waals surface area contributed by atoms with Gasteiger partial charge in [-0.15, -0.1) is 0 Å². The molecular formula is C11H18N2OS. The van der Waals surface area contributed by atoms with E-state index in [0.717, 1.165) is 24.3 Å². The smallest absolute Gasteiger partial charge is 0.147 e. The maximum atomic E-state index is 11.5. The number of ketones is 1. The molecule has 0 radical (unpaired) electrons. The van der Waals surface area contributed by atoms with Crippen molar-refractivity contribution in [2.45, 2.75) is 33.2 Å². The molecule has 0 aromatic carbocycles. The standard InChI is InChI=1S/C11H18N2OS/c1-3-5-15-9-11(14)6-10-7-12-13(4-2)8-10/h7-8H,3-6,9H2,1-2H3. The maximum Gasteiger partial charge on any atom is 0.147 e. The number of hydrogen-bond donors (Lipinski definition) is 0. The van der Waals surface area contributed by atoms with E-state index in [1.807, 2.05) is 17.8 Å². The summed E-state index contributed by atoms with van der Waals surface area (Å²) < 4.78 is 1.85. The second kappa shape index (κ2) is 6.67. The van der Waals surface area contributed by atoms with Crippen molar-refractivity contribution in [3.8, 4) is 0 Å². The van der Waals surface area contributed by atoms with Crippen LogP contribution in [-0.4, -0.2) is 27.1 Å². The van der Waals surface area contributed by atoms with E-state index in [1.54, 1.807) is 18.0 Å². The molecule has 0 fully saturated rings. The van der Waals surface area contributed by atoms with Crippen molar-refractivity contribution in [1.82, 2.24) is 9.78 Å². The third-order valence-corrected chi connectivity index (χ3v) is 3.25. The summed E-state index contributed by atoms with van der Waals surface area (Å²) in [5.41, 5.74) is 1.03. The molecule has 4 heteroatoms. The first-order valence-corrected chi connectivity index (χ1v) is 6.52. The number of nitrogens with zero attached hydrogens (tertiary/aromatic N) is 2. The molecule has 1 heterocycles. The summed E-state index contributed by atoms with van der Waals surface area (Å²) in [6.07, 6.45) is 5.39. The van der Waals surface area contributed by atoms with Gasteiger partial charge in [-0.05, 0) is 24.7 Å². The third kappa shape index (κ3) is 4.51. The van der Waals surface area contributed by atoms with Gasteiger partial charge in [0.25, 0.3) is 0 Å². The van der Waals surface area contributed by atoms with Gasteiger partial charge in [-0.2, -0.15) is 16.9 Å². The molecule has 0 unspecified atom stereocenters. The molecule has 0 saturated carbocycles. The Bertz CT molecular complexity index is 309. The van der Waals surface area contributed by atoms with Crippen LogP contribution in [0, 0.1) is 0 Å². The zero-order chi connectivity index (χ0) is 11.1. The number of thioether (sulfide) groups is 1. The first-order valence-electron chi connectivity index (χ1n) is 5.37. The number of aromatic nitrogens is 2. The van der Waals surface area contributed by atoms with Crippen molar-refractivity contribution in [2.24, 2.45) is 0 Å². The molecule has 0 aliphatic heterocycles. The molecule has 1 rings (SSSR count). The van der Waals surface area contributed by atoms with Crippen LogP contribution in [0.2, 0.25) is 0 Å². The SMILES string of the molecule is CCCSCC(=O)Cc1cnn(CC)c1. The minimum absolute atomic E-state index is 0.295. The van der Waals surface area contributed by atoms with E-state index in [2.05, 4.69) is 12.0 Å². The number of rotatable bonds is 7. The second-order valence-corrected chi connectivity index (χ2v) is 4.58. The molecule has 1 aromatic heterocycles. The van der Waals surface area contributed by atoms with E-state index in [9.17, 15) is 4.79 Å². The van der Waals surface area contributed by atoms with Gasteiger partial charge in [-0.1, -0.05) is 6.92 Å². The van der Waals surface area contributed by atoms with Gasteiger partial charge in [0.05, 0.1) is 11.9 Å². The maximum absolute atomic E-state index is 11.5. The van der Waals surface area contributed by atoms with Crippen molar-refractivity contribution in [3.05, 3.63) is 18.0 Å². The Kier molecular flexibility index (Phi) is 5.47. The van der Waals surface area contributed by atoms with Crippen molar-refractivity contribution in [2.75, 3.05) is 11.5 Å². The van der Waals surface area contributed by atoms with Crippen LogP contribution in [-0.2, 0) is 17.8 Å². The monoisotopic (exact) mass is 226 g/mol. The van der Waals surface area contributed by atoms with Crippen LogP contribution >= 0.6 is 11.8 Å². The van der Waals surface area contributed by atoms with Crippen molar-refractivity contribution in [3.63, 3.8) is 0 Å². The second-order valence-electron chi connectivity index (χ2n) is 3.47. The summed E-state index contributed by atoms with van der Waals surface area (Å²) in [5.74, 6) is 1.99. The van der Waals surface area contributed by atoms with E-state index in [-0.39, 0.29) is 0 Å². The largest absolute Gasteiger partial charge is 0.298 e. The summed E-state index contributed by atoms with van der Waals surface area (Å²) >= 11 is 1.72. The summed E-state index contributed by atoms with van der Waals surface area (Å²) in [6, 6.07) is 0. The van der Waals surface area contributed by atoms with Crippen molar-refractivity contribution in [1.29, 1.82) is 0 Å². The van der Waals surface area contributed by atoms with Crippen LogP contribution < -0.4 is 0 Å². The molecule has 0 amide bonds. The number of aryl methyl sites for hydroxylation is 1. The minimum Gasteiger partial charge on any atom is -0.298 e. The molecule has 0 N–H and O–H groups in total. The fourth-order valence-electron chi connectivity index (χ4n) is 1.28. The molecule has 0 aliphatic carbocycles. The average Bonchev–Trinajstić information content (AvgIpc) is 2.66. The molecular weight excluding hydrogens is 208 g/mol. The number of Topliss-reactive ketones (excluding diaryl/α,β-unsaturated/α-hetero) is 1. The molecule has 84 valence electrons. The zero-order valence-corrected chi connectivity index (χ0v) is 10.2. The lowest BCUT2D eigenvalue weighted by molar-refractivity contribution is -0.116. The summed E-state index contributed by atoms with van der Waals surface area (Å²) in [7, 11) is 0. The summed E-state index contributed by atoms with van der Waals surface area (Å²) in [5, 5.41) is 4.14. The van der Waals surface area contributed by atoms with Crippen LogP contribution in [0.3, 0.4) is 0 Å². The summed E-state index contributed by atoms with van der Waals surface area (Å²) in [4.78, 5) is 11.5. The molecule has 0 spiro atoms. The molecule has 0 saturated heterocycles. The quantitative estimate of drug-likeness (QED) is 0.668. The van der Waals surface area contributed by atoms with E-state index in [4.69, 9.17) is 0 Å². The van der Waals surface area contributed by atoms with Gasteiger partial charge in [0.2, 0.25) is 0 Å². The average molecular weight is 226 g/mol. The lowest BCUT2D eigenvalue weighted by Gasteiger charge is -1.97. The van der Waals surface area contributed by atoms with Gasteiger partial charge in [0.15, 0.2) is 0 Å². The van der Waals surface area contributed by atoms with Gasteiger partial charge < -0.3 is 0 Å². The Morgan fingerprint density at radius 3 is 2.93 bits per heavy atom. The third-order valence-electron chi connectivity index (χ3n) is 2.02. The lowest BCUT2D eigenvalue weighted by Crippen LogP contribution is -2.05. The molecule has 3 nitrogen and oxygen atoms in total. The van der Waals surface area contributed by atoms with Crippen LogP contribution in [0.25, 0.3) is 0 Å². The fraction of sp³-hybridized carbons (Fsp3) is 0.636. The van der Waals surface area contributed by atoms with E-state index in [1.165, 1.54) is 0 Å². The Morgan fingerprint density at radius 2 is 2.33 bits per heavy atom. The van der Waals surface area contributed by atoms with Crippen LogP contribution in [0.1, 0.15) is 25.8 Å². The molecule has 0 bridgehead atoms. The fourth-order valence-corrected chi connectivity index (χ4v) is 2.04. The number of carbonyl (C=O) groups excluding carboxylic acids is 1. The Balaban J connectivity index is 2.31. The lowest BCUT2D eigenvalue weighted by atomic mass is 10.2. The molecule has 15 heavy (non-hydrogen) atoms. The van der Waals surface area contributed by atoms with Gasteiger partial charge >= 0.3 is 0 Å². The Labute approximate surface area is 95.2 Å². The summed E-state index contributed by atoms with van der Waals surface area (Å²) in [6.45, 7) is 5.03. The molecule has 0 atom stereocenters. The topological polar surface area (TPSA) is 34.9 Å². The molecule has 0 aliphatic rings. The minimum atomic E-state index is 0.295. The Hall–Kier alpha value is -0.770. The normalized spacial score (nSPS) is 10.5. The highest BCUT2D eigenvalue weighted by Crippen LogP contribution is 2.06. The van der Waals surface area contributed by atoms with Gasteiger partial charge in [-0.3, -0.25) is 9.48 Å². The first-order chi connectivity index (χ1) is 7.26. The van der Waals surface area contributed by atoms with E-state index < -0.39 is 0 Å². The van der Waals surface area contributed by atoms with Crippen LogP contribution in [0.5, 0.6) is 0 Å². The predicted molar refractivity (Wildman–Crippen MR) is 64.2 cm³/mol. The number of hydrogen-bond acceptors (Lipinski definition) is 3. The highest BCUT2D eigenvalue weighted by molar-refractivity contribution is 7.99. The van der Waals surface area contributed by atoms with Gasteiger partial charge in [-0.25, -0.2) is 0 Å². The van der Waals surface area contributed by atoms with Crippen LogP contribution in [0.4, 0.5) is 0 Å². The van der Waals surface area contributed by atoms with Crippen molar-refractivity contribution < 1.29 is 4.79 Å². The van der Waals surface area contributed by atoms with E-state index >= 15 is 0 Å². The van der Waals surface area contributed by atoms with Crippen molar-refractivity contribution >= 4 is 17.5 Å². The Morgan fingerprint density at radius 1 is 1.53 bits per heavy atom. The van der Waals surface area contributed by atoms with Crippen LogP contribution in [0.15, 0.2) is 12.4 Å². The highest BCUT2D eigenvalue weighted by atomic mass is 32.2. The number of carbonyl (C=O) groups is 1. The van der Waals surface area contributed by atoms with Gasteiger partial charge in [0.1, 0.15) is 5.78 Å². The first kappa shape index (κ1) is 12.3. The van der Waals surface area contributed by atoms with E-state index in [0.29, 0.717) is 18.0 Å². The molecule has 1 aromatic rings. The highest BCUT2D eigenvalue weighted by Gasteiger charge is 2.05. The predicted octanol–water partition coefficient (Wildman–Crippen LogP) is 2.16. The van der Waals surface area contributed by atoms with Gasteiger partial charge in [0, 0.05) is 19.2 Å².